The number of hydrogen-bond acceptors (Lipinski definition) is 11. The predicted molar refractivity (Wildman–Crippen MR) is 142 cm³/mol. The summed E-state index contributed by atoms with van der Waals surface area (Å²) in [5.41, 5.74) is -1.33. The summed E-state index contributed by atoms with van der Waals surface area (Å²) in [5, 5.41) is 34.6. The van der Waals surface area contributed by atoms with Crippen molar-refractivity contribution in [3.05, 3.63) is 0 Å². The van der Waals surface area contributed by atoms with Gasteiger partial charge in [-0.05, 0) is 91.8 Å². The minimum absolute atomic E-state index is 0. The fourth-order valence-electron chi connectivity index (χ4n) is 9.80. The summed E-state index contributed by atoms with van der Waals surface area (Å²) in [6.45, 7) is 7.92. The Labute approximate surface area is 295 Å². The van der Waals surface area contributed by atoms with Gasteiger partial charge >= 0.3 is 59.1 Å². The van der Waals surface area contributed by atoms with Crippen molar-refractivity contribution < 1.29 is 109 Å². The topological polar surface area (TPSA) is 194 Å². The van der Waals surface area contributed by atoms with E-state index in [2.05, 4.69) is 18.0 Å². The van der Waals surface area contributed by atoms with Gasteiger partial charge in [0.1, 0.15) is 6.10 Å². The van der Waals surface area contributed by atoms with Gasteiger partial charge in [-0.2, -0.15) is 0 Å². The average Bonchev–Trinajstić information content (AvgIpc) is 3.18. The Morgan fingerprint density at radius 3 is 2.05 bits per heavy atom. The molecule has 4 fully saturated rings. The monoisotopic (exact) mass is 656 g/mol. The van der Waals surface area contributed by atoms with Crippen LogP contribution in [0.3, 0.4) is 0 Å². The third-order valence-electron chi connectivity index (χ3n) is 11.5. The van der Waals surface area contributed by atoms with Gasteiger partial charge in [-0.15, -0.1) is 0 Å². The second-order valence-electron chi connectivity index (χ2n) is 13.8. The first-order valence-corrected chi connectivity index (χ1v) is 17.3. The fourth-order valence-corrected chi connectivity index (χ4v) is 10.7. The molecule has 4 aliphatic carbocycles. The van der Waals surface area contributed by atoms with Crippen molar-refractivity contribution in [1.82, 2.24) is 0 Å². The number of rotatable bonds is 10. The number of aliphatic hydroxyl groups excluding tert-OH is 3. The molecule has 4 saturated carbocycles. The van der Waals surface area contributed by atoms with E-state index in [0.717, 1.165) is 19.3 Å². The number of aliphatic hydroxyl groups is 3. The molecular weight excluding hydrogens is 610 g/mol. The van der Waals surface area contributed by atoms with Crippen LogP contribution in [0.1, 0.15) is 85.5 Å². The Morgan fingerprint density at radius 2 is 1.48 bits per heavy atom. The first-order valence-electron chi connectivity index (χ1n) is 14.7. The predicted octanol–water partition coefficient (Wildman–Crippen LogP) is -3.67. The standard InChI is InChI=1S/C27H48O11S2.2Na/c1-15(2)6-5-7-16(14-37-39(31,32)33)18-10-11-19-17-8-9-20-23(28)21(38-40(34,35)36)12-13-26(20,3)22(17)24(29)25(30)27(18,19)4;;/h15-25,28-30H,5-14H2,1-4H3,(H,31,32,33)(H,34,35,36);;/q;2*+1/p-2/t16-,17?,18+,19-,20+,21+,22?,23-,24+,25+,26-,27+;;/m0../s1. The smallest absolute Gasteiger partial charge is 0.726 e. The van der Waals surface area contributed by atoms with Crippen LogP contribution in [-0.2, 0) is 29.2 Å². The van der Waals surface area contributed by atoms with Crippen molar-refractivity contribution >= 4 is 20.8 Å². The summed E-state index contributed by atoms with van der Waals surface area (Å²) >= 11 is 0. The fraction of sp³-hybridized carbons (Fsp3) is 1.00. The van der Waals surface area contributed by atoms with E-state index in [1.54, 1.807) is 0 Å². The summed E-state index contributed by atoms with van der Waals surface area (Å²) in [7, 11) is -9.86. The van der Waals surface area contributed by atoms with Crippen molar-refractivity contribution in [2.45, 2.75) is 110 Å². The maximum Gasteiger partial charge on any atom is 1.00 e. The second kappa shape index (κ2) is 14.8. The Kier molecular flexibility index (Phi) is 14.0. The molecule has 4 aliphatic rings. The van der Waals surface area contributed by atoms with Crippen LogP contribution >= 0.6 is 0 Å². The van der Waals surface area contributed by atoms with Crippen molar-refractivity contribution in [2.24, 2.45) is 52.3 Å². The molecule has 11 nitrogen and oxygen atoms in total. The second-order valence-corrected chi connectivity index (χ2v) is 15.9. The van der Waals surface area contributed by atoms with E-state index in [4.69, 9.17) is 4.18 Å². The quantitative estimate of drug-likeness (QED) is 0.119. The van der Waals surface area contributed by atoms with Crippen LogP contribution < -0.4 is 59.1 Å². The summed E-state index contributed by atoms with van der Waals surface area (Å²) in [6.07, 6.45) is 1.13. The molecule has 0 bridgehead atoms. The van der Waals surface area contributed by atoms with Gasteiger partial charge in [0.05, 0.1) is 24.9 Å². The van der Waals surface area contributed by atoms with Crippen molar-refractivity contribution in [3.63, 3.8) is 0 Å². The molecular formula is C27H46Na2O11S2. The van der Waals surface area contributed by atoms with Crippen LogP contribution in [0.5, 0.6) is 0 Å². The molecule has 234 valence electrons. The van der Waals surface area contributed by atoms with Crippen molar-refractivity contribution in [1.29, 1.82) is 0 Å². The molecule has 4 rings (SSSR count). The van der Waals surface area contributed by atoms with E-state index in [1.165, 1.54) is 0 Å². The third-order valence-corrected chi connectivity index (χ3v) is 12.4. The molecule has 0 heterocycles. The maximum absolute atomic E-state index is 11.8. The van der Waals surface area contributed by atoms with Gasteiger partial charge in [0.25, 0.3) is 0 Å². The Bertz CT molecular complexity index is 1120. The molecule has 0 amide bonds. The van der Waals surface area contributed by atoms with E-state index >= 15 is 0 Å². The van der Waals surface area contributed by atoms with Crippen molar-refractivity contribution in [3.8, 4) is 0 Å². The van der Waals surface area contributed by atoms with Crippen LogP contribution in [-0.4, -0.2) is 72.3 Å². The molecule has 0 aromatic carbocycles. The van der Waals surface area contributed by atoms with E-state index in [9.17, 15) is 41.3 Å². The van der Waals surface area contributed by atoms with Gasteiger partial charge in [-0.1, -0.05) is 40.5 Å². The third kappa shape index (κ3) is 8.01. The van der Waals surface area contributed by atoms with E-state index in [1.807, 2.05) is 13.8 Å². The molecule has 12 atom stereocenters. The Morgan fingerprint density at radius 1 is 0.857 bits per heavy atom. The zero-order valence-corrected chi connectivity index (χ0v) is 31.5. The largest absolute Gasteiger partial charge is 1.00 e. The molecule has 0 saturated heterocycles. The summed E-state index contributed by atoms with van der Waals surface area (Å²) in [5.74, 6) is -0.663. The summed E-state index contributed by atoms with van der Waals surface area (Å²) < 4.78 is 77.2. The van der Waals surface area contributed by atoms with Crippen LogP contribution in [0, 0.1) is 52.3 Å². The maximum atomic E-state index is 11.8. The SMILES string of the molecule is CC(C)CCC[C@@H](COS(=O)(=O)[O-])[C@H]1CC[C@H]2C3CC[C@@H]4[C@H](O)[C@H](OS(=O)(=O)[O-])CC[C@]4(C)C3[C@@H](O)[C@@H](O)[C@]12C.[Na+].[Na+]. The van der Waals surface area contributed by atoms with E-state index in [0.29, 0.717) is 38.0 Å². The average molecular weight is 657 g/mol. The normalized spacial score (nSPS) is 42.5. The van der Waals surface area contributed by atoms with Crippen LogP contribution in [0.25, 0.3) is 0 Å². The Balaban J connectivity index is 0.00000308. The number of hydrogen-bond donors (Lipinski definition) is 3. The van der Waals surface area contributed by atoms with Gasteiger partial charge in [-0.25, -0.2) is 16.8 Å². The molecule has 0 aromatic rings. The molecule has 15 heteroatoms. The van der Waals surface area contributed by atoms with E-state index in [-0.39, 0.29) is 102 Å². The Hall–Kier alpha value is 1.62. The molecule has 0 aromatic heterocycles. The molecule has 42 heavy (non-hydrogen) atoms. The summed E-state index contributed by atoms with van der Waals surface area (Å²) in [4.78, 5) is 0. The summed E-state index contributed by atoms with van der Waals surface area (Å²) in [6, 6.07) is 0. The van der Waals surface area contributed by atoms with Crippen LogP contribution in [0.2, 0.25) is 0 Å². The molecule has 0 radical (unpaired) electrons. The number of fused-ring (bicyclic) bond motifs is 5. The van der Waals surface area contributed by atoms with Gasteiger partial charge in [0.2, 0.25) is 20.8 Å². The van der Waals surface area contributed by atoms with Crippen LogP contribution in [0.15, 0.2) is 0 Å². The molecule has 0 spiro atoms. The molecule has 2 unspecified atom stereocenters. The van der Waals surface area contributed by atoms with Gasteiger partial charge in [0.15, 0.2) is 0 Å². The van der Waals surface area contributed by atoms with Crippen LogP contribution in [0.4, 0.5) is 0 Å². The minimum atomic E-state index is -4.98. The van der Waals surface area contributed by atoms with Gasteiger partial charge in [0, 0.05) is 5.41 Å². The zero-order chi connectivity index (χ0) is 29.8. The zero-order valence-electron chi connectivity index (χ0n) is 25.8. The minimum Gasteiger partial charge on any atom is -0.726 e. The van der Waals surface area contributed by atoms with E-state index < -0.39 is 62.0 Å². The molecule has 3 N–H and O–H groups in total. The van der Waals surface area contributed by atoms with Gasteiger partial charge < -0.3 is 24.4 Å². The first-order chi connectivity index (χ1) is 18.4. The van der Waals surface area contributed by atoms with Crippen molar-refractivity contribution in [2.75, 3.05) is 6.61 Å². The van der Waals surface area contributed by atoms with Gasteiger partial charge in [-0.3, -0.25) is 8.37 Å². The molecule has 0 aliphatic heterocycles. The first kappa shape index (κ1) is 39.8.